The molecule has 0 nitrogen and oxygen atoms in total. The van der Waals surface area contributed by atoms with E-state index in [2.05, 4.69) is 217 Å². The molecule has 11 rings (SSSR count). The zero-order valence-corrected chi connectivity index (χ0v) is 42.7. The summed E-state index contributed by atoms with van der Waals surface area (Å²) < 4.78 is 0.687. The van der Waals surface area contributed by atoms with Gasteiger partial charge in [-0.1, -0.05) is 0 Å². The molecule has 0 fully saturated rings. The number of allylic oxidation sites excluding steroid dienone is 2. The third kappa shape index (κ3) is 6.16. The van der Waals surface area contributed by atoms with Gasteiger partial charge in [0.2, 0.25) is 0 Å². The van der Waals surface area contributed by atoms with Crippen LogP contribution in [0.1, 0.15) is 74.0 Å². The first-order valence-electron chi connectivity index (χ1n) is 22.7. The maximum atomic E-state index is 9.57. The van der Waals surface area contributed by atoms with E-state index in [1.165, 1.54) is 125 Å². The van der Waals surface area contributed by atoms with Crippen molar-refractivity contribution in [1.82, 2.24) is 0 Å². The Bertz CT molecular complexity index is 3130. The van der Waals surface area contributed by atoms with Crippen LogP contribution in [0.3, 0.4) is 0 Å². The van der Waals surface area contributed by atoms with Crippen LogP contribution in [0.2, 0.25) is 0 Å². The number of rotatable bonds is 7. The Balaban J connectivity index is 1.27. The Kier molecular flexibility index (Phi) is 10.1. The van der Waals surface area contributed by atoms with Gasteiger partial charge in [0, 0.05) is 0 Å². The molecule has 0 saturated heterocycles. The van der Waals surface area contributed by atoms with Crippen molar-refractivity contribution in [1.29, 1.82) is 0 Å². The van der Waals surface area contributed by atoms with E-state index < -0.39 is 25.9 Å². The summed E-state index contributed by atoms with van der Waals surface area (Å²) in [6, 6.07) is 61.0. The molecule has 0 aromatic heterocycles. The molecular formula is C60H51Cl2SiZr. The third-order valence-electron chi connectivity index (χ3n) is 15.5. The molecule has 1 aliphatic heterocycles. The van der Waals surface area contributed by atoms with E-state index in [-0.39, 0.29) is 7.25 Å². The van der Waals surface area contributed by atoms with Crippen molar-refractivity contribution < 1.29 is 16.4 Å². The van der Waals surface area contributed by atoms with Crippen LogP contribution >= 0.6 is 17.0 Å². The second kappa shape index (κ2) is 15.5. The van der Waals surface area contributed by atoms with Crippen molar-refractivity contribution in [2.24, 2.45) is 0 Å². The molecular weight excluding hydrogens is 911 g/mol. The molecule has 4 heteroatoms. The summed E-state index contributed by atoms with van der Waals surface area (Å²) in [7, 11) is 18.2. The molecule has 0 amide bonds. The fraction of sp³-hybridized carbons (Fsp3) is 0.133. The van der Waals surface area contributed by atoms with E-state index in [1.54, 1.807) is 0 Å². The number of aryl methyl sites for hydroxylation is 2. The molecule has 2 aliphatic carbocycles. The van der Waals surface area contributed by atoms with Gasteiger partial charge in [-0.3, -0.25) is 0 Å². The van der Waals surface area contributed by atoms with Gasteiger partial charge in [-0.25, -0.2) is 0 Å². The van der Waals surface area contributed by atoms with Gasteiger partial charge in [0.25, 0.3) is 0 Å². The van der Waals surface area contributed by atoms with E-state index >= 15 is 0 Å². The molecule has 1 heterocycles. The van der Waals surface area contributed by atoms with Crippen LogP contribution in [-0.2, 0) is 16.4 Å². The minimum absolute atomic E-state index is 0.270. The number of hydrogen-bond acceptors (Lipinski definition) is 0. The van der Waals surface area contributed by atoms with Gasteiger partial charge >= 0.3 is 393 Å². The van der Waals surface area contributed by atoms with Crippen LogP contribution in [0.25, 0.3) is 56.7 Å². The normalized spacial score (nSPS) is 17.0. The first kappa shape index (κ1) is 41.6. The second-order valence-corrected chi connectivity index (χ2v) is 41.0. The number of fused-ring (bicyclic) bond motifs is 5. The SMILES string of the molecule is Cc1ccc(-c2cccc3c2C=C(c2ccccc2)[CH]3[Zr]([Cl])([Cl])([c]2cccc3c2[SiH2]c2ccccc2-3)[CH]2C(c3ccccc3)=Cc3c(-c4ccc(C)c(C)c4C)cccc32)c(C)c1C. The van der Waals surface area contributed by atoms with E-state index in [0.717, 1.165) is 0 Å². The van der Waals surface area contributed by atoms with E-state index in [4.69, 9.17) is 0 Å². The van der Waals surface area contributed by atoms with Gasteiger partial charge in [-0.2, -0.15) is 0 Å². The Morgan fingerprint density at radius 1 is 0.391 bits per heavy atom. The molecule has 2 unspecified atom stereocenters. The van der Waals surface area contributed by atoms with Gasteiger partial charge in [0.1, 0.15) is 0 Å². The van der Waals surface area contributed by atoms with E-state index in [9.17, 15) is 17.0 Å². The molecule has 0 N–H and O–H groups in total. The Hall–Kier alpha value is -5.08. The number of benzene rings is 8. The molecule has 64 heavy (non-hydrogen) atoms. The fourth-order valence-corrected chi connectivity index (χ4v) is 38.8. The first-order chi connectivity index (χ1) is 30.9. The van der Waals surface area contributed by atoms with Crippen LogP contribution in [-0.4, -0.2) is 9.52 Å². The van der Waals surface area contributed by atoms with Gasteiger partial charge in [-0.15, -0.1) is 0 Å². The quantitative estimate of drug-likeness (QED) is 0.140. The predicted octanol–water partition coefficient (Wildman–Crippen LogP) is 14.2. The van der Waals surface area contributed by atoms with Crippen molar-refractivity contribution in [3.63, 3.8) is 0 Å². The Morgan fingerprint density at radius 2 is 0.828 bits per heavy atom. The first-order valence-corrected chi connectivity index (χ1v) is 34.5. The summed E-state index contributed by atoms with van der Waals surface area (Å²) in [4.78, 5) is 0. The average molecular weight is 962 g/mol. The monoisotopic (exact) mass is 959 g/mol. The standard InChI is InChI=1S/2C24H21.C12H9Si.2ClH.Zr/c2*1-16-12-13-22(18(3)17(16)2)23-11-7-10-20-14-21(15-24(20)23)19-8-5-4-6-9-19;1-3-7-11-9(5-1)10-6-2-4-8-12(10)13-11;;;/h2*4-15H,1-3H3;1-7H,13H2;2*1H;/q;;;;;+2/p-2. The molecule has 8 aromatic carbocycles. The van der Waals surface area contributed by atoms with Crippen LogP contribution in [0.5, 0.6) is 0 Å². The number of hydrogen-bond donors (Lipinski definition) is 0. The molecule has 0 bridgehead atoms. The molecule has 313 valence electrons. The predicted molar refractivity (Wildman–Crippen MR) is 277 cm³/mol. The van der Waals surface area contributed by atoms with Crippen LogP contribution in [0, 0.1) is 41.5 Å². The topological polar surface area (TPSA) is 0 Å². The van der Waals surface area contributed by atoms with Gasteiger partial charge < -0.3 is 0 Å². The summed E-state index contributed by atoms with van der Waals surface area (Å²) in [6.45, 7) is 13.5. The molecule has 0 spiro atoms. The summed E-state index contributed by atoms with van der Waals surface area (Å²) >= 11 is -5.95. The van der Waals surface area contributed by atoms with E-state index in [0.29, 0.717) is 0 Å². The Morgan fingerprint density at radius 3 is 1.34 bits per heavy atom. The van der Waals surface area contributed by atoms with Gasteiger partial charge in [0.05, 0.1) is 0 Å². The van der Waals surface area contributed by atoms with Crippen molar-refractivity contribution in [2.45, 2.75) is 48.8 Å². The summed E-state index contributed by atoms with van der Waals surface area (Å²) in [5.41, 5.74) is 25.3. The number of halogens is 2. The molecule has 8 aromatic rings. The molecule has 0 radical (unpaired) electrons. The van der Waals surface area contributed by atoms with Crippen molar-refractivity contribution in [3.8, 4) is 33.4 Å². The van der Waals surface area contributed by atoms with Gasteiger partial charge in [-0.05, 0) is 0 Å². The van der Waals surface area contributed by atoms with Crippen LogP contribution in [0.15, 0.2) is 164 Å². The molecule has 0 saturated carbocycles. The van der Waals surface area contributed by atoms with Crippen molar-refractivity contribution in [3.05, 3.63) is 231 Å². The molecule has 3 aliphatic rings. The third-order valence-corrected chi connectivity index (χ3v) is 38.0. The zero-order valence-electron chi connectivity index (χ0n) is 37.4. The van der Waals surface area contributed by atoms with Crippen LogP contribution in [0.4, 0.5) is 0 Å². The minimum atomic E-state index is -5.95. The van der Waals surface area contributed by atoms with Crippen molar-refractivity contribution >= 4 is 63.5 Å². The maximum absolute atomic E-state index is 9.57. The van der Waals surface area contributed by atoms with E-state index in [1.807, 2.05) is 0 Å². The summed E-state index contributed by atoms with van der Waals surface area (Å²) in [5, 5.41) is 2.88. The van der Waals surface area contributed by atoms with Gasteiger partial charge in [0.15, 0.2) is 0 Å². The average Bonchev–Trinajstić information content (AvgIpc) is 4.04. The van der Waals surface area contributed by atoms with Crippen molar-refractivity contribution in [2.75, 3.05) is 0 Å². The Labute approximate surface area is 389 Å². The summed E-state index contributed by atoms with van der Waals surface area (Å²) in [6.07, 6.45) is 4.95. The fourth-order valence-electron chi connectivity index (χ4n) is 11.8. The second-order valence-electron chi connectivity index (χ2n) is 18.6. The van der Waals surface area contributed by atoms with Crippen LogP contribution < -0.4 is 13.6 Å². The molecule has 2 atom stereocenters. The summed E-state index contributed by atoms with van der Waals surface area (Å²) in [5.74, 6) is 0. The zero-order chi connectivity index (χ0) is 44.1.